The van der Waals surface area contributed by atoms with Crippen LogP contribution in [0, 0.1) is 11.3 Å². The second-order valence-electron chi connectivity index (χ2n) is 5.39. The van der Waals surface area contributed by atoms with Gasteiger partial charge in [0.1, 0.15) is 5.75 Å². The van der Waals surface area contributed by atoms with Crippen molar-refractivity contribution in [3.8, 4) is 11.8 Å². The van der Waals surface area contributed by atoms with Crippen LogP contribution in [-0.4, -0.2) is 6.61 Å². The molecule has 0 aromatic heterocycles. The van der Waals surface area contributed by atoms with Gasteiger partial charge in [0.2, 0.25) is 0 Å². The summed E-state index contributed by atoms with van der Waals surface area (Å²) in [6.07, 6.45) is 13.5. The molecule has 2 heteroatoms. The molecule has 1 aromatic rings. The standard InChI is InChI=1S/C19H27NO/c1-2-3-4-5-6-7-8-9-10-11-16-21-19-14-12-18(17-20)13-15-19/h2,12-15H,1,3-11,16H2. The number of hydrogen-bond donors (Lipinski definition) is 0. The zero-order valence-electron chi connectivity index (χ0n) is 13.0. The van der Waals surface area contributed by atoms with Gasteiger partial charge in [0, 0.05) is 0 Å². The number of nitriles is 1. The topological polar surface area (TPSA) is 33.0 Å². The van der Waals surface area contributed by atoms with Crippen molar-refractivity contribution in [2.45, 2.75) is 57.8 Å². The number of benzene rings is 1. The first-order valence-corrected chi connectivity index (χ1v) is 8.10. The van der Waals surface area contributed by atoms with Crippen LogP contribution in [0.25, 0.3) is 0 Å². The smallest absolute Gasteiger partial charge is 0.119 e. The van der Waals surface area contributed by atoms with E-state index < -0.39 is 0 Å². The van der Waals surface area contributed by atoms with E-state index in [2.05, 4.69) is 12.6 Å². The minimum absolute atomic E-state index is 0.676. The van der Waals surface area contributed by atoms with Crippen molar-refractivity contribution in [3.63, 3.8) is 0 Å². The number of nitrogens with zero attached hydrogens (tertiary/aromatic N) is 1. The van der Waals surface area contributed by atoms with Crippen molar-refractivity contribution in [2.75, 3.05) is 6.61 Å². The Morgan fingerprint density at radius 3 is 2.05 bits per heavy atom. The Morgan fingerprint density at radius 1 is 0.905 bits per heavy atom. The molecule has 21 heavy (non-hydrogen) atoms. The van der Waals surface area contributed by atoms with E-state index in [9.17, 15) is 0 Å². The summed E-state index contributed by atoms with van der Waals surface area (Å²) in [7, 11) is 0. The molecule has 0 radical (unpaired) electrons. The van der Waals surface area contributed by atoms with Crippen LogP contribution in [0.3, 0.4) is 0 Å². The Balaban J connectivity index is 1.90. The van der Waals surface area contributed by atoms with Crippen molar-refractivity contribution in [1.29, 1.82) is 5.26 Å². The lowest BCUT2D eigenvalue weighted by molar-refractivity contribution is 0.304. The Morgan fingerprint density at radius 2 is 1.48 bits per heavy atom. The molecule has 2 nitrogen and oxygen atoms in total. The fourth-order valence-corrected chi connectivity index (χ4v) is 2.27. The van der Waals surface area contributed by atoms with E-state index in [4.69, 9.17) is 10.00 Å². The molecule has 0 unspecified atom stereocenters. The van der Waals surface area contributed by atoms with Gasteiger partial charge in [0.25, 0.3) is 0 Å². The Bertz CT molecular complexity index is 416. The molecule has 0 bridgehead atoms. The minimum Gasteiger partial charge on any atom is -0.494 e. The molecule has 0 aliphatic carbocycles. The zero-order valence-corrected chi connectivity index (χ0v) is 13.0. The Labute approximate surface area is 129 Å². The van der Waals surface area contributed by atoms with Gasteiger partial charge in [0.05, 0.1) is 18.2 Å². The van der Waals surface area contributed by atoms with Crippen LogP contribution in [-0.2, 0) is 0 Å². The van der Waals surface area contributed by atoms with Crippen molar-refractivity contribution in [2.24, 2.45) is 0 Å². The highest BCUT2D eigenvalue weighted by atomic mass is 16.5. The first-order chi connectivity index (χ1) is 10.4. The van der Waals surface area contributed by atoms with Gasteiger partial charge in [-0.05, 0) is 43.5 Å². The fourth-order valence-electron chi connectivity index (χ4n) is 2.27. The van der Waals surface area contributed by atoms with E-state index >= 15 is 0 Å². The SMILES string of the molecule is C=CCCCCCCCCCCOc1ccc(C#N)cc1. The first kappa shape index (κ1) is 17.3. The van der Waals surface area contributed by atoms with Gasteiger partial charge in [0.15, 0.2) is 0 Å². The van der Waals surface area contributed by atoms with E-state index in [0.717, 1.165) is 25.2 Å². The molecule has 0 fully saturated rings. The Hall–Kier alpha value is -1.75. The van der Waals surface area contributed by atoms with Crippen LogP contribution in [0.1, 0.15) is 63.4 Å². The fraction of sp³-hybridized carbons (Fsp3) is 0.526. The lowest BCUT2D eigenvalue weighted by Crippen LogP contribution is -1.97. The average Bonchev–Trinajstić information content (AvgIpc) is 2.53. The third-order valence-corrected chi connectivity index (χ3v) is 3.55. The molecule has 0 saturated heterocycles. The van der Waals surface area contributed by atoms with E-state index in [0.29, 0.717) is 5.56 Å². The second kappa shape index (κ2) is 12.0. The van der Waals surface area contributed by atoms with E-state index in [1.165, 1.54) is 44.9 Å². The summed E-state index contributed by atoms with van der Waals surface area (Å²) in [5, 5.41) is 8.71. The van der Waals surface area contributed by atoms with E-state index in [-0.39, 0.29) is 0 Å². The van der Waals surface area contributed by atoms with Crippen LogP contribution in [0.2, 0.25) is 0 Å². The molecule has 0 amide bonds. The predicted octanol–water partition coefficient (Wildman–Crippen LogP) is 5.63. The summed E-state index contributed by atoms with van der Waals surface area (Å²) in [4.78, 5) is 0. The number of unbranched alkanes of at least 4 members (excludes halogenated alkanes) is 8. The summed E-state index contributed by atoms with van der Waals surface area (Å²) in [6.45, 7) is 4.51. The van der Waals surface area contributed by atoms with Crippen molar-refractivity contribution < 1.29 is 4.74 Å². The molecule has 0 aliphatic heterocycles. The average molecular weight is 285 g/mol. The van der Waals surface area contributed by atoms with Gasteiger partial charge in [-0.3, -0.25) is 0 Å². The summed E-state index contributed by atoms with van der Waals surface area (Å²) in [5.41, 5.74) is 0.676. The molecule has 0 heterocycles. The first-order valence-electron chi connectivity index (χ1n) is 8.10. The maximum atomic E-state index is 8.71. The predicted molar refractivity (Wildman–Crippen MR) is 88.4 cm³/mol. The van der Waals surface area contributed by atoms with Crippen LogP contribution in [0.15, 0.2) is 36.9 Å². The van der Waals surface area contributed by atoms with Gasteiger partial charge in [-0.15, -0.1) is 6.58 Å². The maximum absolute atomic E-state index is 8.71. The van der Waals surface area contributed by atoms with Crippen molar-refractivity contribution in [3.05, 3.63) is 42.5 Å². The zero-order chi connectivity index (χ0) is 15.2. The largest absolute Gasteiger partial charge is 0.494 e. The Kier molecular flexibility index (Phi) is 9.91. The van der Waals surface area contributed by atoms with E-state index in [1.54, 1.807) is 12.1 Å². The quantitative estimate of drug-likeness (QED) is 0.368. The molecule has 0 spiro atoms. The van der Waals surface area contributed by atoms with Crippen LogP contribution >= 0.6 is 0 Å². The van der Waals surface area contributed by atoms with Gasteiger partial charge >= 0.3 is 0 Å². The number of ether oxygens (including phenoxy) is 1. The van der Waals surface area contributed by atoms with Crippen molar-refractivity contribution >= 4 is 0 Å². The molecular weight excluding hydrogens is 258 g/mol. The summed E-state index contributed by atoms with van der Waals surface area (Å²) >= 11 is 0. The molecule has 0 atom stereocenters. The van der Waals surface area contributed by atoms with Crippen LogP contribution in [0.4, 0.5) is 0 Å². The van der Waals surface area contributed by atoms with Crippen LogP contribution in [0.5, 0.6) is 5.75 Å². The maximum Gasteiger partial charge on any atom is 0.119 e. The second-order valence-corrected chi connectivity index (χ2v) is 5.39. The third kappa shape index (κ3) is 8.92. The van der Waals surface area contributed by atoms with Crippen LogP contribution < -0.4 is 4.74 Å². The minimum atomic E-state index is 0.676. The molecule has 0 aliphatic rings. The molecule has 0 saturated carbocycles. The van der Waals surface area contributed by atoms with Gasteiger partial charge in [-0.1, -0.05) is 44.6 Å². The summed E-state index contributed by atoms with van der Waals surface area (Å²) < 4.78 is 5.66. The molecular formula is C19H27NO. The van der Waals surface area contributed by atoms with Crippen molar-refractivity contribution in [1.82, 2.24) is 0 Å². The highest BCUT2D eigenvalue weighted by molar-refractivity contribution is 5.34. The molecule has 0 N–H and O–H groups in total. The number of allylic oxidation sites excluding steroid dienone is 1. The summed E-state index contributed by atoms with van der Waals surface area (Å²) in [5.74, 6) is 0.858. The molecule has 1 rings (SSSR count). The number of rotatable bonds is 12. The third-order valence-electron chi connectivity index (χ3n) is 3.55. The van der Waals surface area contributed by atoms with Gasteiger partial charge in [-0.2, -0.15) is 5.26 Å². The highest BCUT2D eigenvalue weighted by Crippen LogP contribution is 2.13. The van der Waals surface area contributed by atoms with E-state index in [1.807, 2.05) is 18.2 Å². The normalized spacial score (nSPS) is 10.0. The monoisotopic (exact) mass is 285 g/mol. The molecule has 114 valence electrons. The summed E-state index contributed by atoms with van der Waals surface area (Å²) in [6, 6.07) is 9.42. The number of hydrogen-bond acceptors (Lipinski definition) is 2. The lowest BCUT2D eigenvalue weighted by atomic mass is 10.1. The van der Waals surface area contributed by atoms with Gasteiger partial charge < -0.3 is 4.74 Å². The highest BCUT2D eigenvalue weighted by Gasteiger charge is 1.96. The lowest BCUT2D eigenvalue weighted by Gasteiger charge is -2.06. The van der Waals surface area contributed by atoms with Gasteiger partial charge in [-0.25, -0.2) is 0 Å². The molecule has 1 aromatic carbocycles.